The minimum atomic E-state index is -0.109. The van der Waals surface area contributed by atoms with Gasteiger partial charge in [-0.15, -0.1) is 0 Å². The Morgan fingerprint density at radius 1 is 1.14 bits per heavy atom. The van der Waals surface area contributed by atoms with Crippen molar-refractivity contribution in [1.29, 1.82) is 0 Å². The van der Waals surface area contributed by atoms with Crippen LogP contribution in [0, 0.1) is 0 Å². The fourth-order valence-corrected chi connectivity index (χ4v) is 1.74. The van der Waals surface area contributed by atoms with Crippen LogP contribution >= 0.6 is 0 Å². The zero-order chi connectivity index (χ0) is 15.6. The van der Waals surface area contributed by atoms with E-state index in [1.54, 1.807) is 36.5 Å². The Morgan fingerprint density at radius 2 is 1.91 bits per heavy atom. The molecule has 0 aliphatic heterocycles. The van der Waals surface area contributed by atoms with E-state index in [1.165, 1.54) is 0 Å². The highest BCUT2D eigenvalue weighted by Crippen LogP contribution is 2.22. The van der Waals surface area contributed by atoms with Crippen LogP contribution in [0.15, 0.2) is 48.7 Å². The lowest BCUT2D eigenvalue weighted by atomic mass is 10.3. The van der Waals surface area contributed by atoms with Gasteiger partial charge in [0, 0.05) is 18.8 Å². The number of ether oxygens (including phenoxy) is 2. The first kappa shape index (κ1) is 15.8. The lowest BCUT2D eigenvalue weighted by molar-refractivity contribution is -0.123. The number of unbranched alkanes of at least 4 members (excludes halogenated alkanes) is 1. The van der Waals surface area contributed by atoms with Gasteiger partial charge >= 0.3 is 0 Å². The molecule has 1 aromatic carbocycles. The van der Waals surface area contributed by atoms with Crippen LogP contribution in [-0.2, 0) is 4.79 Å². The number of benzene rings is 1. The molecule has 0 saturated heterocycles. The largest absolute Gasteiger partial charge is 0.484 e. The summed E-state index contributed by atoms with van der Waals surface area (Å²) in [5.41, 5.74) is 0. The van der Waals surface area contributed by atoms with Gasteiger partial charge in [-0.2, -0.15) is 0 Å². The average molecular weight is 300 g/mol. The highest BCUT2D eigenvalue weighted by Gasteiger charge is 2.03. The number of rotatable bonds is 8. The van der Waals surface area contributed by atoms with Crippen LogP contribution in [-0.4, -0.2) is 24.0 Å². The Balaban J connectivity index is 1.78. The van der Waals surface area contributed by atoms with Gasteiger partial charge in [-0.3, -0.25) is 4.79 Å². The van der Waals surface area contributed by atoms with Gasteiger partial charge in [0.2, 0.25) is 5.88 Å². The van der Waals surface area contributed by atoms with E-state index in [4.69, 9.17) is 9.47 Å². The Bertz CT molecular complexity index is 570. The molecule has 1 amide bonds. The van der Waals surface area contributed by atoms with Crippen molar-refractivity contribution < 1.29 is 14.3 Å². The van der Waals surface area contributed by atoms with Crippen molar-refractivity contribution in [2.45, 2.75) is 19.8 Å². The molecule has 0 saturated carbocycles. The zero-order valence-corrected chi connectivity index (χ0v) is 12.6. The van der Waals surface area contributed by atoms with Crippen LogP contribution in [0.1, 0.15) is 19.8 Å². The Labute approximate surface area is 130 Å². The molecule has 0 spiro atoms. The van der Waals surface area contributed by atoms with Gasteiger partial charge in [-0.1, -0.05) is 19.4 Å². The van der Waals surface area contributed by atoms with E-state index in [0.29, 0.717) is 23.9 Å². The first-order valence-electron chi connectivity index (χ1n) is 7.36. The maximum Gasteiger partial charge on any atom is 0.257 e. The van der Waals surface area contributed by atoms with E-state index in [-0.39, 0.29) is 12.5 Å². The van der Waals surface area contributed by atoms with Crippen molar-refractivity contribution in [3.05, 3.63) is 48.7 Å². The van der Waals surface area contributed by atoms with Crippen molar-refractivity contribution in [3.8, 4) is 17.4 Å². The monoisotopic (exact) mass is 300 g/mol. The van der Waals surface area contributed by atoms with Gasteiger partial charge in [0.15, 0.2) is 6.61 Å². The maximum atomic E-state index is 11.5. The number of hydrogen-bond donors (Lipinski definition) is 1. The summed E-state index contributed by atoms with van der Waals surface area (Å²) in [6.07, 6.45) is 3.70. The van der Waals surface area contributed by atoms with Gasteiger partial charge in [0.25, 0.3) is 5.91 Å². The lowest BCUT2D eigenvalue weighted by Gasteiger charge is -2.08. The number of aromatic nitrogens is 1. The molecule has 0 aliphatic rings. The quantitative estimate of drug-likeness (QED) is 0.761. The number of hydrogen-bond acceptors (Lipinski definition) is 4. The van der Waals surface area contributed by atoms with E-state index < -0.39 is 0 Å². The van der Waals surface area contributed by atoms with Crippen LogP contribution < -0.4 is 14.8 Å². The molecule has 0 radical (unpaired) electrons. The van der Waals surface area contributed by atoms with Crippen molar-refractivity contribution in [1.82, 2.24) is 10.3 Å². The molecule has 2 rings (SSSR count). The summed E-state index contributed by atoms with van der Waals surface area (Å²) >= 11 is 0. The predicted molar refractivity (Wildman–Crippen MR) is 84.2 cm³/mol. The summed E-state index contributed by atoms with van der Waals surface area (Å²) in [5, 5.41) is 2.80. The van der Waals surface area contributed by atoms with Crippen LogP contribution in [0.2, 0.25) is 0 Å². The highest BCUT2D eigenvalue weighted by molar-refractivity contribution is 5.77. The molecule has 0 atom stereocenters. The molecule has 2 aromatic rings. The minimum absolute atomic E-state index is 0.0180. The Kier molecular flexibility index (Phi) is 6.23. The molecular weight excluding hydrogens is 280 g/mol. The molecule has 0 fully saturated rings. The molecule has 0 bridgehead atoms. The summed E-state index contributed by atoms with van der Waals surface area (Å²) in [6.45, 7) is 2.79. The number of nitrogens with zero attached hydrogens (tertiary/aromatic N) is 1. The van der Waals surface area contributed by atoms with E-state index in [0.717, 1.165) is 12.8 Å². The second kappa shape index (κ2) is 8.67. The second-order valence-electron chi connectivity index (χ2n) is 4.73. The first-order valence-corrected chi connectivity index (χ1v) is 7.36. The van der Waals surface area contributed by atoms with Crippen LogP contribution in [0.25, 0.3) is 0 Å². The smallest absolute Gasteiger partial charge is 0.257 e. The first-order chi connectivity index (χ1) is 10.8. The lowest BCUT2D eigenvalue weighted by Crippen LogP contribution is -2.29. The zero-order valence-electron chi connectivity index (χ0n) is 12.6. The molecule has 5 nitrogen and oxygen atoms in total. The summed E-state index contributed by atoms with van der Waals surface area (Å²) in [4.78, 5) is 15.6. The van der Waals surface area contributed by atoms with Gasteiger partial charge in [-0.05, 0) is 36.8 Å². The van der Waals surface area contributed by atoms with Crippen molar-refractivity contribution in [2.24, 2.45) is 0 Å². The summed E-state index contributed by atoms with van der Waals surface area (Å²) in [5.74, 6) is 1.71. The van der Waals surface area contributed by atoms with Crippen molar-refractivity contribution in [3.63, 3.8) is 0 Å². The number of carbonyl (C=O) groups is 1. The number of pyridine rings is 1. The SMILES string of the molecule is CCCCNC(=O)COc1ccc(Oc2ccccn2)cc1. The average Bonchev–Trinajstić information content (AvgIpc) is 2.55. The molecule has 0 aliphatic carbocycles. The molecule has 116 valence electrons. The van der Waals surface area contributed by atoms with E-state index >= 15 is 0 Å². The van der Waals surface area contributed by atoms with Gasteiger partial charge in [0.1, 0.15) is 11.5 Å². The van der Waals surface area contributed by atoms with Crippen LogP contribution in [0.3, 0.4) is 0 Å². The summed E-state index contributed by atoms with van der Waals surface area (Å²) < 4.78 is 11.0. The molecule has 1 N–H and O–H groups in total. The second-order valence-corrected chi connectivity index (χ2v) is 4.73. The Morgan fingerprint density at radius 3 is 2.59 bits per heavy atom. The normalized spacial score (nSPS) is 10.0. The minimum Gasteiger partial charge on any atom is -0.484 e. The number of carbonyl (C=O) groups excluding carboxylic acids is 1. The topological polar surface area (TPSA) is 60.5 Å². The molecule has 5 heteroatoms. The van der Waals surface area contributed by atoms with E-state index in [9.17, 15) is 4.79 Å². The third kappa shape index (κ3) is 5.44. The maximum absolute atomic E-state index is 11.5. The molecular formula is C17H20N2O3. The molecule has 1 aromatic heterocycles. The van der Waals surface area contributed by atoms with Gasteiger partial charge in [-0.25, -0.2) is 4.98 Å². The van der Waals surface area contributed by atoms with Crippen molar-refractivity contribution >= 4 is 5.91 Å². The third-order valence-corrected chi connectivity index (χ3v) is 2.91. The standard InChI is InChI=1S/C17H20N2O3/c1-2-3-11-18-16(20)13-21-14-7-9-15(10-8-14)22-17-6-4-5-12-19-17/h4-10,12H,2-3,11,13H2,1H3,(H,18,20). The third-order valence-electron chi connectivity index (χ3n) is 2.91. The fraction of sp³-hybridized carbons (Fsp3) is 0.294. The molecule has 1 heterocycles. The summed E-state index contributed by atoms with van der Waals surface area (Å²) in [7, 11) is 0. The summed E-state index contributed by atoms with van der Waals surface area (Å²) in [6, 6.07) is 12.5. The van der Waals surface area contributed by atoms with Crippen LogP contribution in [0.4, 0.5) is 0 Å². The predicted octanol–water partition coefficient (Wildman–Crippen LogP) is 3.17. The molecule has 0 unspecified atom stereocenters. The van der Waals surface area contributed by atoms with E-state index in [1.807, 2.05) is 12.1 Å². The van der Waals surface area contributed by atoms with E-state index in [2.05, 4.69) is 17.2 Å². The van der Waals surface area contributed by atoms with Crippen LogP contribution in [0.5, 0.6) is 17.4 Å². The van der Waals surface area contributed by atoms with Gasteiger partial charge in [0.05, 0.1) is 0 Å². The van der Waals surface area contributed by atoms with Crippen molar-refractivity contribution in [2.75, 3.05) is 13.2 Å². The number of nitrogens with one attached hydrogen (secondary N) is 1. The van der Waals surface area contributed by atoms with Gasteiger partial charge < -0.3 is 14.8 Å². The highest BCUT2D eigenvalue weighted by atomic mass is 16.5. The fourth-order valence-electron chi connectivity index (χ4n) is 1.74. The Hall–Kier alpha value is -2.56. The number of amides is 1. The molecule has 22 heavy (non-hydrogen) atoms.